The predicted molar refractivity (Wildman–Crippen MR) is 101 cm³/mol. The van der Waals surface area contributed by atoms with Gasteiger partial charge in [-0.05, 0) is 31.2 Å². The van der Waals surface area contributed by atoms with Gasteiger partial charge in [0.2, 0.25) is 0 Å². The minimum absolute atomic E-state index is 0.0809. The van der Waals surface area contributed by atoms with Crippen LogP contribution in [-0.2, 0) is 13.1 Å². The van der Waals surface area contributed by atoms with E-state index in [4.69, 9.17) is 0 Å². The molecule has 0 bridgehead atoms. The summed E-state index contributed by atoms with van der Waals surface area (Å²) in [6.07, 6.45) is 5.42. The molecule has 4 aromatic rings. The van der Waals surface area contributed by atoms with Crippen LogP contribution in [0.2, 0.25) is 0 Å². The lowest BCUT2D eigenvalue weighted by molar-refractivity contribution is 0.0751. The number of carbonyl (C=O) groups is 1. The number of carbonyl (C=O) groups excluding carboxylic acids is 1. The Balaban J connectivity index is 1.45. The number of para-hydroxylation sites is 2. The van der Waals surface area contributed by atoms with Crippen molar-refractivity contribution in [3.05, 3.63) is 66.5 Å². The molecule has 1 N–H and O–H groups in total. The van der Waals surface area contributed by atoms with Crippen molar-refractivity contribution in [1.82, 2.24) is 34.4 Å². The molecule has 0 aliphatic carbocycles. The molecule has 0 unspecified atom stereocenters. The number of benzene rings is 1. The number of hydrogen-bond donors (Lipinski definition) is 1. The molecule has 138 valence electrons. The van der Waals surface area contributed by atoms with Gasteiger partial charge >= 0.3 is 0 Å². The number of nitrogens with zero attached hydrogens (tertiary/aromatic N) is 6. The Kier molecular flexibility index (Phi) is 4.69. The monoisotopic (exact) mass is 363 g/mol. The third kappa shape index (κ3) is 3.59. The zero-order valence-electron chi connectivity index (χ0n) is 15.1. The standard InChI is InChI=1S/C19H21N7O/c1-2-24(10-11-26-9-5-8-21-26)19(27)17-12-15(22-23-17)13-25-14-20-16-6-3-4-7-18(16)25/h3-9,12,14H,2,10-11,13H2,1H3,(H,22,23). The summed E-state index contributed by atoms with van der Waals surface area (Å²) in [7, 11) is 0. The van der Waals surface area contributed by atoms with Crippen molar-refractivity contribution in [1.29, 1.82) is 0 Å². The van der Waals surface area contributed by atoms with Crippen LogP contribution in [0.25, 0.3) is 11.0 Å². The van der Waals surface area contributed by atoms with Gasteiger partial charge in [-0.1, -0.05) is 12.1 Å². The summed E-state index contributed by atoms with van der Waals surface area (Å²) < 4.78 is 3.85. The Bertz CT molecular complexity index is 1030. The number of rotatable bonds is 7. The summed E-state index contributed by atoms with van der Waals surface area (Å²) in [4.78, 5) is 18.9. The number of amides is 1. The van der Waals surface area contributed by atoms with Crippen LogP contribution in [0.4, 0.5) is 0 Å². The van der Waals surface area contributed by atoms with Crippen molar-refractivity contribution in [2.75, 3.05) is 13.1 Å². The fourth-order valence-corrected chi connectivity index (χ4v) is 3.09. The van der Waals surface area contributed by atoms with Crippen molar-refractivity contribution in [2.24, 2.45) is 0 Å². The van der Waals surface area contributed by atoms with Crippen LogP contribution in [0.1, 0.15) is 23.1 Å². The lowest BCUT2D eigenvalue weighted by atomic mass is 10.3. The maximum Gasteiger partial charge on any atom is 0.274 e. The summed E-state index contributed by atoms with van der Waals surface area (Å²) in [6, 6.07) is 11.6. The third-order valence-electron chi connectivity index (χ3n) is 4.55. The first kappa shape index (κ1) is 17.0. The number of likely N-dealkylation sites (N-methyl/N-ethyl adjacent to an activating group) is 1. The van der Waals surface area contributed by atoms with Crippen LogP contribution in [0.3, 0.4) is 0 Å². The maximum absolute atomic E-state index is 12.8. The Morgan fingerprint density at radius 3 is 2.96 bits per heavy atom. The van der Waals surface area contributed by atoms with Gasteiger partial charge < -0.3 is 9.47 Å². The van der Waals surface area contributed by atoms with Crippen molar-refractivity contribution in [3.63, 3.8) is 0 Å². The second-order valence-electron chi connectivity index (χ2n) is 6.29. The number of fused-ring (bicyclic) bond motifs is 1. The van der Waals surface area contributed by atoms with Crippen molar-refractivity contribution in [3.8, 4) is 0 Å². The highest BCUT2D eigenvalue weighted by Crippen LogP contribution is 2.14. The molecule has 0 aliphatic rings. The average molecular weight is 363 g/mol. The zero-order valence-corrected chi connectivity index (χ0v) is 15.1. The Morgan fingerprint density at radius 1 is 1.26 bits per heavy atom. The third-order valence-corrected chi connectivity index (χ3v) is 4.55. The first-order chi connectivity index (χ1) is 13.2. The molecule has 0 fully saturated rings. The maximum atomic E-state index is 12.8. The van der Waals surface area contributed by atoms with Crippen molar-refractivity contribution >= 4 is 16.9 Å². The molecule has 8 nitrogen and oxygen atoms in total. The van der Waals surface area contributed by atoms with Crippen LogP contribution in [0.5, 0.6) is 0 Å². The highest BCUT2D eigenvalue weighted by atomic mass is 16.2. The lowest BCUT2D eigenvalue weighted by Crippen LogP contribution is -2.34. The highest BCUT2D eigenvalue weighted by molar-refractivity contribution is 5.92. The van der Waals surface area contributed by atoms with E-state index >= 15 is 0 Å². The van der Waals surface area contributed by atoms with E-state index in [1.807, 2.05) is 58.8 Å². The molecule has 8 heteroatoms. The second-order valence-corrected chi connectivity index (χ2v) is 6.29. The molecule has 0 aliphatic heterocycles. The molecular formula is C19H21N7O. The van der Waals surface area contributed by atoms with Gasteiger partial charge in [0, 0.05) is 25.5 Å². The number of hydrogen-bond acceptors (Lipinski definition) is 4. The van der Waals surface area contributed by atoms with Gasteiger partial charge in [-0.2, -0.15) is 10.2 Å². The number of nitrogens with one attached hydrogen (secondary N) is 1. The van der Waals surface area contributed by atoms with Crippen LogP contribution in [-0.4, -0.2) is 53.4 Å². The van der Waals surface area contributed by atoms with Crippen LogP contribution in [0, 0.1) is 0 Å². The van der Waals surface area contributed by atoms with Crippen LogP contribution >= 0.6 is 0 Å². The summed E-state index contributed by atoms with van der Waals surface area (Å²) in [5.41, 5.74) is 3.29. The van der Waals surface area contributed by atoms with E-state index in [2.05, 4.69) is 20.3 Å². The van der Waals surface area contributed by atoms with E-state index in [-0.39, 0.29) is 5.91 Å². The molecule has 1 aromatic carbocycles. The Labute approximate surface area is 156 Å². The van der Waals surface area contributed by atoms with E-state index in [1.54, 1.807) is 17.4 Å². The number of aromatic amines is 1. The predicted octanol–water partition coefficient (Wildman–Crippen LogP) is 2.17. The topological polar surface area (TPSA) is 84.6 Å². The van der Waals surface area contributed by atoms with E-state index in [0.29, 0.717) is 31.9 Å². The highest BCUT2D eigenvalue weighted by Gasteiger charge is 2.17. The number of H-pyrrole nitrogens is 1. The van der Waals surface area contributed by atoms with Gasteiger partial charge in [0.15, 0.2) is 0 Å². The molecule has 4 rings (SSSR count). The average Bonchev–Trinajstić information content (AvgIpc) is 3.44. The van der Waals surface area contributed by atoms with Gasteiger partial charge in [-0.15, -0.1) is 0 Å². The summed E-state index contributed by atoms with van der Waals surface area (Å²) in [5.74, 6) is -0.0809. The molecule has 0 atom stereocenters. The number of imidazole rings is 1. The second kappa shape index (κ2) is 7.45. The Morgan fingerprint density at radius 2 is 2.15 bits per heavy atom. The first-order valence-electron chi connectivity index (χ1n) is 8.95. The SMILES string of the molecule is CCN(CCn1cccn1)C(=O)c1cc(Cn2cnc3ccccc32)[nH]n1. The molecule has 27 heavy (non-hydrogen) atoms. The number of aromatic nitrogens is 6. The van der Waals surface area contributed by atoms with Gasteiger partial charge in [-0.3, -0.25) is 14.6 Å². The first-order valence-corrected chi connectivity index (χ1v) is 8.95. The zero-order chi connectivity index (χ0) is 18.6. The van der Waals surface area contributed by atoms with E-state index in [9.17, 15) is 4.79 Å². The summed E-state index contributed by atoms with van der Waals surface area (Å²) in [5, 5.41) is 11.4. The molecule has 1 amide bonds. The van der Waals surface area contributed by atoms with E-state index in [1.165, 1.54) is 0 Å². The fraction of sp³-hybridized carbons (Fsp3) is 0.263. The summed E-state index contributed by atoms with van der Waals surface area (Å²) >= 11 is 0. The molecular weight excluding hydrogens is 342 g/mol. The molecule has 3 aromatic heterocycles. The fourth-order valence-electron chi connectivity index (χ4n) is 3.09. The molecule has 0 saturated heterocycles. The molecule has 0 spiro atoms. The normalized spacial score (nSPS) is 11.1. The van der Waals surface area contributed by atoms with Gasteiger partial charge in [0.1, 0.15) is 5.69 Å². The van der Waals surface area contributed by atoms with Gasteiger partial charge in [-0.25, -0.2) is 4.98 Å². The molecule has 0 radical (unpaired) electrons. The van der Waals surface area contributed by atoms with Gasteiger partial charge in [0.25, 0.3) is 5.91 Å². The van der Waals surface area contributed by atoms with E-state index in [0.717, 1.165) is 16.7 Å². The largest absolute Gasteiger partial charge is 0.336 e. The quantitative estimate of drug-likeness (QED) is 0.545. The van der Waals surface area contributed by atoms with Gasteiger partial charge in [0.05, 0.1) is 36.1 Å². The Hall–Kier alpha value is -3.42. The van der Waals surface area contributed by atoms with Crippen LogP contribution in [0.15, 0.2) is 55.1 Å². The minimum Gasteiger partial charge on any atom is -0.336 e. The molecule has 3 heterocycles. The molecule has 0 saturated carbocycles. The lowest BCUT2D eigenvalue weighted by Gasteiger charge is -2.19. The van der Waals surface area contributed by atoms with Crippen LogP contribution < -0.4 is 0 Å². The minimum atomic E-state index is -0.0809. The van der Waals surface area contributed by atoms with E-state index < -0.39 is 0 Å². The van der Waals surface area contributed by atoms with Crippen molar-refractivity contribution < 1.29 is 4.79 Å². The summed E-state index contributed by atoms with van der Waals surface area (Å²) in [6.45, 7) is 4.41. The van der Waals surface area contributed by atoms with Crippen molar-refractivity contribution in [2.45, 2.75) is 20.0 Å². The smallest absolute Gasteiger partial charge is 0.274 e.